The minimum absolute atomic E-state index is 0.473. The molecule has 0 atom stereocenters. The second-order valence-corrected chi connectivity index (χ2v) is 4.69. The number of nitrogens with one attached hydrogen (secondary N) is 1. The molecule has 108 valence electrons. The number of anilines is 1. The summed E-state index contributed by atoms with van der Waals surface area (Å²) in [6.07, 6.45) is 1.83. The Balaban J connectivity index is 1.94. The minimum atomic E-state index is 0.473. The van der Waals surface area contributed by atoms with Gasteiger partial charge in [-0.15, -0.1) is 0 Å². The van der Waals surface area contributed by atoms with Crippen LogP contribution in [0.15, 0.2) is 22.7 Å². The molecule has 0 aliphatic heterocycles. The summed E-state index contributed by atoms with van der Waals surface area (Å²) in [6, 6.07) is 5.56. The number of nitrogens with zero attached hydrogens (tertiary/aromatic N) is 2. The summed E-state index contributed by atoms with van der Waals surface area (Å²) in [4.78, 5) is 4.29. The Morgan fingerprint density at radius 1 is 1.35 bits per heavy atom. The highest BCUT2D eigenvalue weighted by molar-refractivity contribution is 6.32. The van der Waals surface area contributed by atoms with Crippen molar-refractivity contribution in [1.82, 2.24) is 10.1 Å². The first kappa shape index (κ1) is 14.7. The van der Waals surface area contributed by atoms with Crippen molar-refractivity contribution in [3.05, 3.63) is 34.9 Å². The fraction of sp³-hybridized carbons (Fsp3) is 0.429. The quantitative estimate of drug-likeness (QED) is 0.844. The highest BCUT2D eigenvalue weighted by Gasteiger charge is 2.06. The molecular formula is C14H18ClN3O2. The van der Waals surface area contributed by atoms with Crippen molar-refractivity contribution in [2.24, 2.45) is 0 Å². The van der Waals surface area contributed by atoms with Gasteiger partial charge in [0.2, 0.25) is 5.89 Å². The first-order valence-corrected chi connectivity index (χ1v) is 7.08. The SMILES string of the molecule is CCCc1noc(CNc2ccc(OCC)c(Cl)c2)n1. The molecule has 0 unspecified atom stereocenters. The van der Waals surface area contributed by atoms with E-state index in [2.05, 4.69) is 22.4 Å². The van der Waals surface area contributed by atoms with Crippen molar-refractivity contribution < 1.29 is 9.26 Å². The zero-order valence-electron chi connectivity index (χ0n) is 11.6. The largest absolute Gasteiger partial charge is 0.492 e. The van der Waals surface area contributed by atoms with Gasteiger partial charge in [0.05, 0.1) is 18.2 Å². The van der Waals surface area contributed by atoms with E-state index in [4.69, 9.17) is 20.9 Å². The van der Waals surface area contributed by atoms with Gasteiger partial charge >= 0.3 is 0 Å². The fourth-order valence-electron chi connectivity index (χ4n) is 1.75. The van der Waals surface area contributed by atoms with Crippen LogP contribution in [0.25, 0.3) is 0 Å². The summed E-state index contributed by atoms with van der Waals surface area (Å²) in [6.45, 7) is 5.07. The molecule has 0 aliphatic carbocycles. The third kappa shape index (κ3) is 3.87. The lowest BCUT2D eigenvalue weighted by molar-refractivity contribution is 0.340. The lowest BCUT2D eigenvalue weighted by Crippen LogP contribution is -2.00. The molecule has 2 aromatic rings. The average molecular weight is 296 g/mol. The van der Waals surface area contributed by atoms with Crippen molar-refractivity contribution in [1.29, 1.82) is 0 Å². The van der Waals surface area contributed by atoms with Gasteiger partial charge in [0.15, 0.2) is 5.82 Å². The first-order chi connectivity index (χ1) is 9.72. The van der Waals surface area contributed by atoms with Crippen LogP contribution in [0.3, 0.4) is 0 Å². The van der Waals surface area contributed by atoms with Crippen LogP contribution in [-0.4, -0.2) is 16.7 Å². The van der Waals surface area contributed by atoms with E-state index in [9.17, 15) is 0 Å². The predicted octanol–water partition coefficient (Wildman–Crippen LogP) is 3.69. The lowest BCUT2D eigenvalue weighted by atomic mass is 10.3. The Morgan fingerprint density at radius 3 is 2.90 bits per heavy atom. The molecule has 0 fully saturated rings. The van der Waals surface area contributed by atoms with Gasteiger partial charge in [0.25, 0.3) is 0 Å². The molecule has 0 saturated carbocycles. The van der Waals surface area contributed by atoms with Crippen molar-refractivity contribution in [3.63, 3.8) is 0 Å². The Kier molecular flexibility index (Phi) is 5.24. The molecule has 0 aliphatic rings. The standard InChI is InChI=1S/C14H18ClN3O2/c1-3-5-13-17-14(20-18-13)9-16-10-6-7-12(19-4-2)11(15)8-10/h6-8,16H,3-5,9H2,1-2H3. The van der Waals surface area contributed by atoms with Crippen molar-refractivity contribution in [2.45, 2.75) is 33.2 Å². The number of benzene rings is 1. The third-order valence-electron chi connectivity index (χ3n) is 2.66. The van der Waals surface area contributed by atoms with Crippen LogP contribution in [0.1, 0.15) is 32.0 Å². The Labute approximate surface area is 123 Å². The Bertz CT molecular complexity index is 557. The maximum absolute atomic E-state index is 6.12. The summed E-state index contributed by atoms with van der Waals surface area (Å²) < 4.78 is 10.5. The average Bonchev–Trinajstić information content (AvgIpc) is 2.88. The highest BCUT2D eigenvalue weighted by Crippen LogP contribution is 2.27. The number of hydrogen-bond acceptors (Lipinski definition) is 5. The minimum Gasteiger partial charge on any atom is -0.492 e. The van der Waals surface area contributed by atoms with E-state index in [0.29, 0.717) is 29.8 Å². The molecule has 5 nitrogen and oxygen atoms in total. The van der Waals surface area contributed by atoms with E-state index in [1.807, 2.05) is 25.1 Å². The van der Waals surface area contributed by atoms with Crippen LogP contribution in [0, 0.1) is 0 Å². The molecule has 1 aromatic carbocycles. The van der Waals surface area contributed by atoms with Gasteiger partial charge in [-0.3, -0.25) is 0 Å². The van der Waals surface area contributed by atoms with Gasteiger partial charge in [-0.25, -0.2) is 0 Å². The van der Waals surface area contributed by atoms with E-state index < -0.39 is 0 Å². The third-order valence-corrected chi connectivity index (χ3v) is 2.95. The maximum atomic E-state index is 6.12. The normalized spacial score (nSPS) is 10.6. The molecule has 1 N–H and O–H groups in total. The van der Waals surface area contributed by atoms with Crippen LogP contribution in [-0.2, 0) is 13.0 Å². The zero-order chi connectivity index (χ0) is 14.4. The van der Waals surface area contributed by atoms with Gasteiger partial charge in [-0.05, 0) is 31.5 Å². The van der Waals surface area contributed by atoms with E-state index in [1.54, 1.807) is 0 Å². The number of aromatic nitrogens is 2. The fourth-order valence-corrected chi connectivity index (χ4v) is 1.98. The monoisotopic (exact) mass is 295 g/mol. The summed E-state index contributed by atoms with van der Waals surface area (Å²) in [7, 11) is 0. The van der Waals surface area contributed by atoms with Crippen molar-refractivity contribution in [2.75, 3.05) is 11.9 Å². The van der Waals surface area contributed by atoms with Gasteiger partial charge in [0.1, 0.15) is 5.75 Å². The lowest BCUT2D eigenvalue weighted by Gasteiger charge is -2.08. The van der Waals surface area contributed by atoms with Gasteiger partial charge in [-0.1, -0.05) is 23.7 Å². The van der Waals surface area contributed by atoms with Gasteiger partial charge < -0.3 is 14.6 Å². The van der Waals surface area contributed by atoms with Crippen LogP contribution in [0.4, 0.5) is 5.69 Å². The Hall–Kier alpha value is -1.75. The number of hydrogen-bond donors (Lipinski definition) is 1. The van der Waals surface area contributed by atoms with Crippen molar-refractivity contribution in [3.8, 4) is 5.75 Å². The zero-order valence-corrected chi connectivity index (χ0v) is 12.4. The molecule has 6 heteroatoms. The topological polar surface area (TPSA) is 60.2 Å². The molecule has 1 heterocycles. The number of aryl methyl sites for hydroxylation is 1. The number of halogens is 1. The summed E-state index contributed by atoms with van der Waals surface area (Å²) in [5.74, 6) is 2.00. The first-order valence-electron chi connectivity index (χ1n) is 6.70. The summed E-state index contributed by atoms with van der Waals surface area (Å²) >= 11 is 6.12. The molecule has 0 bridgehead atoms. The van der Waals surface area contributed by atoms with Gasteiger partial charge in [0, 0.05) is 12.1 Å². The Morgan fingerprint density at radius 2 is 2.20 bits per heavy atom. The van der Waals surface area contributed by atoms with E-state index in [1.165, 1.54) is 0 Å². The van der Waals surface area contributed by atoms with Crippen molar-refractivity contribution >= 4 is 17.3 Å². The molecule has 0 spiro atoms. The number of ether oxygens (including phenoxy) is 1. The second-order valence-electron chi connectivity index (χ2n) is 4.29. The molecule has 0 radical (unpaired) electrons. The highest BCUT2D eigenvalue weighted by atomic mass is 35.5. The van der Waals surface area contributed by atoms with Gasteiger partial charge in [-0.2, -0.15) is 4.98 Å². The molecule has 2 rings (SSSR count). The van der Waals surface area contributed by atoms with E-state index in [0.717, 1.165) is 24.4 Å². The molecule has 0 amide bonds. The van der Waals surface area contributed by atoms with Crippen LogP contribution >= 0.6 is 11.6 Å². The van der Waals surface area contributed by atoms with E-state index >= 15 is 0 Å². The number of rotatable bonds is 7. The summed E-state index contributed by atoms with van der Waals surface area (Å²) in [5, 5.41) is 7.67. The van der Waals surface area contributed by atoms with Crippen LogP contribution in [0.5, 0.6) is 5.75 Å². The van der Waals surface area contributed by atoms with Crippen LogP contribution < -0.4 is 10.1 Å². The molecular weight excluding hydrogens is 278 g/mol. The second kappa shape index (κ2) is 7.14. The van der Waals surface area contributed by atoms with E-state index in [-0.39, 0.29) is 0 Å². The maximum Gasteiger partial charge on any atom is 0.245 e. The smallest absolute Gasteiger partial charge is 0.245 e. The van der Waals surface area contributed by atoms with Crippen LogP contribution in [0.2, 0.25) is 5.02 Å². The molecule has 1 aromatic heterocycles. The summed E-state index contributed by atoms with van der Waals surface area (Å²) in [5.41, 5.74) is 0.883. The predicted molar refractivity (Wildman–Crippen MR) is 78.2 cm³/mol. The molecule has 0 saturated heterocycles. The molecule has 20 heavy (non-hydrogen) atoms.